The van der Waals surface area contributed by atoms with E-state index in [0.29, 0.717) is 5.92 Å². The fourth-order valence-electron chi connectivity index (χ4n) is 2.23. The molecule has 0 fully saturated rings. The van der Waals surface area contributed by atoms with Gasteiger partial charge in [-0.25, -0.2) is 0 Å². The summed E-state index contributed by atoms with van der Waals surface area (Å²) < 4.78 is 0. The minimum atomic E-state index is -0.200. The molecule has 0 unspecified atom stereocenters. The Morgan fingerprint density at radius 1 is 0.950 bits per heavy atom. The Labute approximate surface area is 120 Å². The maximum Gasteiger partial charge on any atom is 0.0983 e. The standard InChI is InChI=1S/C18H21NO/c1-14(2)18(16-11-7-4-8-12-16)19-17(13-20)15-9-5-3-6-10-15/h3-12,14,17,20H,13H2,1-2H3/t17-/m0/s1. The first-order chi connectivity index (χ1) is 9.72. The molecule has 2 aromatic carbocycles. The van der Waals surface area contributed by atoms with Crippen LogP contribution in [-0.2, 0) is 0 Å². The highest BCUT2D eigenvalue weighted by atomic mass is 16.3. The van der Waals surface area contributed by atoms with Gasteiger partial charge in [0.15, 0.2) is 0 Å². The Bertz CT molecular complexity index is 546. The maximum atomic E-state index is 9.65. The van der Waals surface area contributed by atoms with Gasteiger partial charge < -0.3 is 5.11 Å². The minimum Gasteiger partial charge on any atom is -0.394 e. The van der Waals surface area contributed by atoms with Gasteiger partial charge in [0.1, 0.15) is 0 Å². The van der Waals surface area contributed by atoms with Gasteiger partial charge in [-0.1, -0.05) is 74.5 Å². The van der Waals surface area contributed by atoms with Crippen LogP contribution in [0.15, 0.2) is 65.7 Å². The molecule has 0 aromatic heterocycles. The molecule has 0 aliphatic rings. The fourth-order valence-corrected chi connectivity index (χ4v) is 2.23. The molecule has 104 valence electrons. The molecule has 0 saturated carbocycles. The summed E-state index contributed by atoms with van der Waals surface area (Å²) in [5.41, 5.74) is 3.20. The zero-order valence-electron chi connectivity index (χ0n) is 12.0. The molecular weight excluding hydrogens is 246 g/mol. The average molecular weight is 267 g/mol. The van der Waals surface area contributed by atoms with Crippen molar-refractivity contribution in [2.45, 2.75) is 19.9 Å². The number of aliphatic hydroxyl groups is 1. The number of nitrogens with zero attached hydrogens (tertiary/aromatic N) is 1. The Kier molecular flexibility index (Phi) is 5.08. The Hall–Kier alpha value is -1.93. The van der Waals surface area contributed by atoms with Crippen LogP contribution < -0.4 is 0 Å². The first kappa shape index (κ1) is 14.5. The summed E-state index contributed by atoms with van der Waals surface area (Å²) in [4.78, 5) is 4.80. The van der Waals surface area contributed by atoms with E-state index in [9.17, 15) is 5.11 Å². The third-order valence-electron chi connectivity index (χ3n) is 3.27. The van der Waals surface area contributed by atoms with Gasteiger partial charge in [-0.3, -0.25) is 4.99 Å². The van der Waals surface area contributed by atoms with E-state index in [0.717, 1.165) is 16.8 Å². The van der Waals surface area contributed by atoms with Gasteiger partial charge >= 0.3 is 0 Å². The second-order valence-electron chi connectivity index (χ2n) is 5.14. The molecule has 2 heteroatoms. The van der Waals surface area contributed by atoms with Gasteiger partial charge in [0.05, 0.1) is 12.6 Å². The SMILES string of the molecule is CC(C)C(=N[C@@H](CO)c1ccccc1)c1ccccc1. The molecule has 1 atom stereocenters. The summed E-state index contributed by atoms with van der Waals surface area (Å²) in [6.45, 7) is 4.28. The quantitative estimate of drug-likeness (QED) is 0.820. The van der Waals surface area contributed by atoms with Crippen molar-refractivity contribution in [3.05, 3.63) is 71.8 Å². The third kappa shape index (κ3) is 3.55. The van der Waals surface area contributed by atoms with Gasteiger partial charge in [0.25, 0.3) is 0 Å². The first-order valence-electron chi connectivity index (χ1n) is 7.01. The smallest absolute Gasteiger partial charge is 0.0983 e. The van der Waals surface area contributed by atoms with Crippen molar-refractivity contribution in [3.8, 4) is 0 Å². The van der Waals surface area contributed by atoms with Gasteiger partial charge in [-0.15, -0.1) is 0 Å². The summed E-state index contributed by atoms with van der Waals surface area (Å²) >= 11 is 0. The Balaban J connectivity index is 2.37. The lowest BCUT2D eigenvalue weighted by molar-refractivity contribution is 0.268. The number of hydrogen-bond donors (Lipinski definition) is 1. The van der Waals surface area contributed by atoms with E-state index in [1.165, 1.54) is 0 Å². The second kappa shape index (κ2) is 7.01. The molecule has 2 nitrogen and oxygen atoms in total. The molecule has 1 N–H and O–H groups in total. The van der Waals surface area contributed by atoms with Crippen LogP contribution in [0.4, 0.5) is 0 Å². The highest BCUT2D eigenvalue weighted by Crippen LogP contribution is 2.20. The highest BCUT2D eigenvalue weighted by molar-refractivity contribution is 6.02. The summed E-state index contributed by atoms with van der Waals surface area (Å²) in [7, 11) is 0. The van der Waals surface area contributed by atoms with Gasteiger partial charge in [-0.2, -0.15) is 0 Å². The predicted octanol–water partition coefficient (Wildman–Crippen LogP) is 3.87. The van der Waals surface area contributed by atoms with Crippen molar-refractivity contribution in [1.29, 1.82) is 0 Å². The molecule has 0 aliphatic heterocycles. The monoisotopic (exact) mass is 267 g/mol. The minimum absolute atomic E-state index is 0.0209. The van der Waals surface area contributed by atoms with Crippen molar-refractivity contribution in [2.24, 2.45) is 10.9 Å². The van der Waals surface area contributed by atoms with Crippen molar-refractivity contribution < 1.29 is 5.11 Å². The van der Waals surface area contributed by atoms with Crippen LogP contribution in [0, 0.1) is 5.92 Å². The fraction of sp³-hybridized carbons (Fsp3) is 0.278. The van der Waals surface area contributed by atoms with E-state index in [2.05, 4.69) is 26.0 Å². The van der Waals surface area contributed by atoms with Crippen LogP contribution >= 0.6 is 0 Å². The van der Waals surface area contributed by atoms with Crippen LogP contribution in [0.25, 0.3) is 0 Å². The van der Waals surface area contributed by atoms with E-state index >= 15 is 0 Å². The van der Waals surface area contributed by atoms with E-state index < -0.39 is 0 Å². The lowest BCUT2D eigenvalue weighted by atomic mass is 9.99. The predicted molar refractivity (Wildman–Crippen MR) is 84.1 cm³/mol. The third-order valence-corrected chi connectivity index (χ3v) is 3.27. The van der Waals surface area contributed by atoms with Gasteiger partial charge in [0, 0.05) is 5.71 Å². The molecule has 0 spiro atoms. The average Bonchev–Trinajstić information content (AvgIpc) is 2.50. The molecule has 20 heavy (non-hydrogen) atoms. The summed E-state index contributed by atoms with van der Waals surface area (Å²) in [5.74, 6) is 0.315. The van der Waals surface area contributed by atoms with Crippen LogP contribution in [0.5, 0.6) is 0 Å². The van der Waals surface area contributed by atoms with Crippen LogP contribution in [0.3, 0.4) is 0 Å². The van der Waals surface area contributed by atoms with Crippen molar-refractivity contribution in [1.82, 2.24) is 0 Å². The number of benzene rings is 2. The van der Waals surface area contributed by atoms with E-state index in [1.54, 1.807) is 0 Å². The van der Waals surface area contributed by atoms with Crippen molar-refractivity contribution in [2.75, 3.05) is 6.61 Å². The molecular formula is C18H21NO. The van der Waals surface area contributed by atoms with Gasteiger partial charge in [0.2, 0.25) is 0 Å². The number of aliphatic imine (C=N–C) groups is 1. The summed E-state index contributed by atoms with van der Waals surface area (Å²) in [5, 5.41) is 9.65. The number of aliphatic hydroxyl groups excluding tert-OH is 1. The van der Waals surface area contributed by atoms with E-state index in [1.807, 2.05) is 48.5 Å². The normalized spacial score (nSPS) is 13.5. The Morgan fingerprint density at radius 2 is 1.50 bits per heavy atom. The van der Waals surface area contributed by atoms with Crippen LogP contribution in [0.1, 0.15) is 31.0 Å². The van der Waals surface area contributed by atoms with Crippen molar-refractivity contribution in [3.63, 3.8) is 0 Å². The zero-order chi connectivity index (χ0) is 14.4. The molecule has 0 aliphatic carbocycles. The first-order valence-corrected chi connectivity index (χ1v) is 7.01. The molecule has 0 radical (unpaired) electrons. The van der Waals surface area contributed by atoms with E-state index in [4.69, 9.17) is 4.99 Å². The maximum absolute atomic E-state index is 9.65. The largest absolute Gasteiger partial charge is 0.394 e. The van der Waals surface area contributed by atoms with Crippen LogP contribution in [-0.4, -0.2) is 17.4 Å². The summed E-state index contributed by atoms with van der Waals surface area (Å²) in [6.07, 6.45) is 0. The lowest BCUT2D eigenvalue weighted by Crippen LogP contribution is -2.13. The van der Waals surface area contributed by atoms with Crippen molar-refractivity contribution >= 4 is 5.71 Å². The molecule has 0 saturated heterocycles. The molecule has 0 bridgehead atoms. The summed E-state index contributed by atoms with van der Waals surface area (Å²) in [6, 6.07) is 19.9. The zero-order valence-corrected chi connectivity index (χ0v) is 12.0. The van der Waals surface area contributed by atoms with Crippen LogP contribution in [0.2, 0.25) is 0 Å². The molecule has 0 heterocycles. The number of rotatable bonds is 5. The highest BCUT2D eigenvalue weighted by Gasteiger charge is 2.13. The lowest BCUT2D eigenvalue weighted by Gasteiger charge is -2.16. The molecule has 0 amide bonds. The number of hydrogen-bond acceptors (Lipinski definition) is 2. The Morgan fingerprint density at radius 3 is 2.00 bits per heavy atom. The van der Waals surface area contributed by atoms with Gasteiger partial charge in [-0.05, 0) is 17.0 Å². The molecule has 2 aromatic rings. The topological polar surface area (TPSA) is 32.6 Å². The second-order valence-corrected chi connectivity index (χ2v) is 5.14. The van der Waals surface area contributed by atoms with E-state index in [-0.39, 0.29) is 12.6 Å². The molecule has 2 rings (SSSR count).